The van der Waals surface area contributed by atoms with Crippen molar-refractivity contribution in [3.8, 4) is 5.75 Å². The normalized spacial score (nSPS) is 10.9. The zero-order chi connectivity index (χ0) is 13.8. The van der Waals surface area contributed by atoms with E-state index < -0.39 is 11.7 Å². The molecule has 0 bridgehead atoms. The van der Waals surface area contributed by atoms with Crippen LogP contribution in [0.1, 0.15) is 26.3 Å². The van der Waals surface area contributed by atoms with Gasteiger partial charge in [-0.25, -0.2) is 4.79 Å². The number of nitrogens with one attached hydrogen (secondary N) is 1. The average molecular weight is 247 g/mol. The van der Waals surface area contributed by atoms with Gasteiger partial charge in [0.15, 0.2) is 0 Å². The molecule has 0 atom stereocenters. The van der Waals surface area contributed by atoms with E-state index in [1.54, 1.807) is 25.3 Å². The summed E-state index contributed by atoms with van der Waals surface area (Å²) in [5, 5.41) is 2.65. The molecule has 1 N–H and O–H groups in total. The highest BCUT2D eigenvalue weighted by Crippen LogP contribution is 2.11. The van der Waals surface area contributed by atoms with Crippen LogP contribution in [-0.2, 0) is 11.3 Å². The van der Waals surface area contributed by atoms with Crippen molar-refractivity contribution in [1.29, 1.82) is 0 Å². The van der Waals surface area contributed by atoms with Gasteiger partial charge in [0.1, 0.15) is 19.2 Å². The lowest BCUT2D eigenvalue weighted by Gasteiger charge is -2.20. The largest absolute Gasteiger partial charge is 0.497 e. The molecule has 0 spiro atoms. The Kier molecular flexibility index (Phi) is 4.65. The van der Waals surface area contributed by atoms with E-state index in [1.807, 2.05) is 20.8 Å². The summed E-state index contributed by atoms with van der Waals surface area (Å²) in [6.07, 6.45) is -0.468. The standard InChI is InChI=1S/C13H18BNO3/c1-13(2,3)18-12(16)15-8-9-7-10(17-4)5-6-11(9)14/h5-7H,8H2,1-4H3,(H,15,16). The Morgan fingerprint density at radius 3 is 2.61 bits per heavy atom. The molecule has 0 fully saturated rings. The van der Waals surface area contributed by atoms with Crippen LogP contribution in [0.2, 0.25) is 0 Å². The van der Waals surface area contributed by atoms with Gasteiger partial charge in [0, 0.05) is 6.54 Å². The number of carbonyl (C=O) groups is 1. The predicted molar refractivity (Wildman–Crippen MR) is 71.5 cm³/mol. The summed E-state index contributed by atoms with van der Waals surface area (Å²) in [4.78, 5) is 11.5. The second kappa shape index (κ2) is 5.80. The molecule has 0 saturated carbocycles. The van der Waals surface area contributed by atoms with E-state index in [2.05, 4.69) is 5.32 Å². The molecule has 18 heavy (non-hydrogen) atoms. The SMILES string of the molecule is [B]c1ccc(OC)cc1CNC(=O)OC(C)(C)C. The van der Waals surface area contributed by atoms with Gasteiger partial charge in [-0.1, -0.05) is 11.5 Å². The molecule has 5 heteroatoms. The molecule has 0 aliphatic rings. The summed E-state index contributed by atoms with van der Waals surface area (Å²) < 4.78 is 10.2. The topological polar surface area (TPSA) is 47.6 Å². The van der Waals surface area contributed by atoms with Gasteiger partial charge in [-0.3, -0.25) is 0 Å². The smallest absolute Gasteiger partial charge is 0.407 e. The maximum absolute atomic E-state index is 11.5. The van der Waals surface area contributed by atoms with Gasteiger partial charge in [0.25, 0.3) is 0 Å². The molecule has 1 aromatic carbocycles. The Morgan fingerprint density at radius 2 is 2.06 bits per heavy atom. The molecule has 0 heterocycles. The summed E-state index contributed by atoms with van der Waals surface area (Å²) in [6.45, 7) is 5.74. The van der Waals surface area contributed by atoms with Gasteiger partial charge < -0.3 is 14.8 Å². The third-order valence-corrected chi connectivity index (χ3v) is 2.17. The minimum Gasteiger partial charge on any atom is -0.497 e. The molecule has 2 radical (unpaired) electrons. The number of hydrogen-bond donors (Lipinski definition) is 1. The molecule has 1 rings (SSSR count). The number of rotatable bonds is 3. The van der Waals surface area contributed by atoms with Crippen LogP contribution in [0.25, 0.3) is 0 Å². The Labute approximate surface area is 109 Å². The highest BCUT2D eigenvalue weighted by Gasteiger charge is 2.15. The number of amides is 1. The lowest BCUT2D eigenvalue weighted by molar-refractivity contribution is 0.0523. The number of ether oxygens (including phenoxy) is 2. The first-order chi connectivity index (χ1) is 8.31. The van der Waals surface area contributed by atoms with Crippen LogP contribution in [0.15, 0.2) is 18.2 Å². The van der Waals surface area contributed by atoms with E-state index in [9.17, 15) is 4.79 Å². The van der Waals surface area contributed by atoms with Gasteiger partial charge in [0.2, 0.25) is 0 Å². The number of benzene rings is 1. The van der Waals surface area contributed by atoms with E-state index in [-0.39, 0.29) is 0 Å². The second-order valence-electron chi connectivity index (χ2n) is 4.92. The van der Waals surface area contributed by atoms with Crippen molar-refractivity contribution in [2.45, 2.75) is 32.9 Å². The van der Waals surface area contributed by atoms with E-state index >= 15 is 0 Å². The maximum atomic E-state index is 11.5. The van der Waals surface area contributed by atoms with Gasteiger partial charge >= 0.3 is 6.09 Å². The van der Waals surface area contributed by atoms with Crippen molar-refractivity contribution in [1.82, 2.24) is 5.32 Å². The number of alkyl carbamates (subject to hydrolysis) is 1. The molecular formula is C13H18BNO3. The number of methoxy groups -OCH3 is 1. The molecule has 0 unspecified atom stereocenters. The molecule has 0 aliphatic carbocycles. The third-order valence-electron chi connectivity index (χ3n) is 2.17. The lowest BCUT2D eigenvalue weighted by Crippen LogP contribution is -2.33. The molecule has 0 aliphatic heterocycles. The quantitative estimate of drug-likeness (QED) is 0.823. The number of hydrogen-bond acceptors (Lipinski definition) is 3. The van der Waals surface area contributed by atoms with Crippen LogP contribution in [0, 0.1) is 0 Å². The summed E-state index contributed by atoms with van der Waals surface area (Å²) >= 11 is 0. The van der Waals surface area contributed by atoms with Crippen molar-refractivity contribution < 1.29 is 14.3 Å². The van der Waals surface area contributed by atoms with E-state index in [0.717, 1.165) is 5.56 Å². The first kappa shape index (κ1) is 14.4. The van der Waals surface area contributed by atoms with Crippen molar-refractivity contribution >= 4 is 19.4 Å². The van der Waals surface area contributed by atoms with Crippen molar-refractivity contribution in [3.05, 3.63) is 23.8 Å². The molecule has 1 amide bonds. The average Bonchev–Trinajstić information content (AvgIpc) is 2.25. The van der Waals surface area contributed by atoms with Crippen LogP contribution in [0.3, 0.4) is 0 Å². The minimum atomic E-state index is -0.510. The zero-order valence-electron chi connectivity index (χ0n) is 11.2. The molecule has 4 nitrogen and oxygen atoms in total. The predicted octanol–water partition coefficient (Wildman–Crippen LogP) is 1.51. The lowest BCUT2D eigenvalue weighted by atomic mass is 9.90. The summed E-state index contributed by atoms with van der Waals surface area (Å²) in [5.41, 5.74) is 0.886. The highest BCUT2D eigenvalue weighted by atomic mass is 16.6. The highest BCUT2D eigenvalue weighted by molar-refractivity contribution is 6.33. The van der Waals surface area contributed by atoms with Gasteiger partial charge in [0.05, 0.1) is 7.11 Å². The summed E-state index contributed by atoms with van der Waals surface area (Å²) in [7, 11) is 7.39. The number of carbonyl (C=O) groups excluding carboxylic acids is 1. The van der Waals surface area contributed by atoms with Crippen LogP contribution in [0.4, 0.5) is 4.79 Å². The Balaban J connectivity index is 2.60. The Bertz CT molecular complexity index is 427. The Morgan fingerprint density at radius 1 is 1.39 bits per heavy atom. The molecule has 1 aromatic rings. The molecule has 0 aromatic heterocycles. The third kappa shape index (κ3) is 4.69. The van der Waals surface area contributed by atoms with Gasteiger partial charge in [-0.05, 0) is 38.5 Å². The molecular weight excluding hydrogens is 229 g/mol. The summed E-state index contributed by atoms with van der Waals surface area (Å²) in [5.74, 6) is 0.699. The minimum absolute atomic E-state index is 0.304. The first-order valence-corrected chi connectivity index (χ1v) is 5.71. The van der Waals surface area contributed by atoms with Crippen LogP contribution < -0.4 is 15.5 Å². The zero-order valence-corrected chi connectivity index (χ0v) is 11.2. The molecule has 96 valence electrons. The van der Waals surface area contributed by atoms with Crippen molar-refractivity contribution in [2.24, 2.45) is 0 Å². The fourth-order valence-electron chi connectivity index (χ4n) is 1.34. The van der Waals surface area contributed by atoms with Crippen molar-refractivity contribution in [3.63, 3.8) is 0 Å². The van der Waals surface area contributed by atoms with Gasteiger partial charge in [-0.15, -0.1) is 0 Å². The first-order valence-electron chi connectivity index (χ1n) is 5.71. The monoisotopic (exact) mass is 247 g/mol. The molecule has 0 saturated heterocycles. The van der Waals surface area contributed by atoms with Gasteiger partial charge in [-0.2, -0.15) is 0 Å². The fraction of sp³-hybridized carbons (Fsp3) is 0.462. The van der Waals surface area contributed by atoms with Crippen molar-refractivity contribution in [2.75, 3.05) is 7.11 Å². The fourth-order valence-corrected chi connectivity index (χ4v) is 1.34. The second-order valence-corrected chi connectivity index (χ2v) is 4.92. The van der Waals surface area contributed by atoms with Crippen LogP contribution in [0.5, 0.6) is 5.75 Å². The van der Waals surface area contributed by atoms with Crippen LogP contribution in [-0.4, -0.2) is 26.7 Å². The Hall–Kier alpha value is -1.65. The van der Waals surface area contributed by atoms with E-state index in [1.165, 1.54) is 0 Å². The summed E-state index contributed by atoms with van der Waals surface area (Å²) in [6, 6.07) is 5.30. The van der Waals surface area contributed by atoms with E-state index in [4.69, 9.17) is 17.3 Å². The van der Waals surface area contributed by atoms with E-state index in [0.29, 0.717) is 17.8 Å². The van der Waals surface area contributed by atoms with Crippen LogP contribution >= 0.6 is 0 Å². The maximum Gasteiger partial charge on any atom is 0.407 e.